The number of likely N-dealkylation sites (N-methyl/N-ethyl adjacent to an activating group) is 1. The van der Waals surface area contributed by atoms with Gasteiger partial charge in [0.25, 0.3) is 0 Å². The lowest BCUT2D eigenvalue weighted by Gasteiger charge is -2.32. The number of piperidine rings is 1. The lowest BCUT2D eigenvalue weighted by atomic mass is 9.97. The lowest BCUT2D eigenvalue weighted by Crippen LogP contribution is -2.50. The molecule has 0 aliphatic carbocycles. The third-order valence-corrected chi connectivity index (χ3v) is 9.04. The van der Waals surface area contributed by atoms with Crippen LogP contribution in [0.3, 0.4) is 0 Å². The van der Waals surface area contributed by atoms with E-state index in [4.69, 9.17) is 5.11 Å². The molecule has 2 aliphatic heterocycles. The molecule has 35 heavy (non-hydrogen) atoms. The Morgan fingerprint density at radius 3 is 2.40 bits per heavy atom. The second-order valence-corrected chi connectivity index (χ2v) is 11.8. The van der Waals surface area contributed by atoms with Gasteiger partial charge < -0.3 is 14.9 Å². The topological polar surface area (TPSA) is 115 Å². The molecule has 1 N–H and O–H groups in total. The first kappa shape index (κ1) is 25.5. The highest BCUT2D eigenvalue weighted by molar-refractivity contribution is 7.89. The van der Waals surface area contributed by atoms with Crippen LogP contribution in [0.5, 0.6) is 0 Å². The maximum atomic E-state index is 13.5. The van der Waals surface area contributed by atoms with E-state index in [1.165, 1.54) is 16.3 Å². The molecule has 0 saturated carbocycles. The minimum absolute atomic E-state index is 0.0964. The maximum Gasteiger partial charge on any atom is 0.306 e. The van der Waals surface area contributed by atoms with E-state index < -0.39 is 33.9 Å². The summed E-state index contributed by atoms with van der Waals surface area (Å²) < 4.78 is 28.2. The van der Waals surface area contributed by atoms with Crippen LogP contribution in [0.1, 0.15) is 19.3 Å². The van der Waals surface area contributed by atoms with Crippen molar-refractivity contribution in [3.05, 3.63) is 42.5 Å². The number of carbonyl (C=O) groups excluding carboxylic acids is 2. The maximum absolute atomic E-state index is 13.5. The number of rotatable bonds is 6. The van der Waals surface area contributed by atoms with E-state index >= 15 is 0 Å². The SMILES string of the molecule is CN(CC(=O)N1CCC(C(=O)O)CC1)C(=O)C1CC(S)CN1S(=O)(=O)c1ccc2ccccc2c1. The average Bonchev–Trinajstić information content (AvgIpc) is 3.25. The summed E-state index contributed by atoms with van der Waals surface area (Å²) in [5.74, 6) is -2.06. The number of benzene rings is 2. The second-order valence-electron chi connectivity index (χ2n) is 9.18. The molecule has 2 heterocycles. The monoisotopic (exact) mass is 519 g/mol. The molecular weight excluding hydrogens is 490 g/mol. The number of carboxylic acid groups (broad SMARTS) is 1. The number of hydrogen-bond donors (Lipinski definition) is 2. The number of thiol groups is 1. The third kappa shape index (κ3) is 5.31. The molecule has 2 atom stereocenters. The predicted molar refractivity (Wildman–Crippen MR) is 134 cm³/mol. The van der Waals surface area contributed by atoms with E-state index in [0.29, 0.717) is 25.9 Å². The normalized spacial score (nSPS) is 21.8. The van der Waals surface area contributed by atoms with Gasteiger partial charge >= 0.3 is 5.97 Å². The summed E-state index contributed by atoms with van der Waals surface area (Å²) in [5.41, 5.74) is 0. The zero-order chi connectivity index (χ0) is 25.3. The molecule has 2 aliphatic rings. The van der Waals surface area contributed by atoms with Crippen molar-refractivity contribution in [1.82, 2.24) is 14.1 Å². The van der Waals surface area contributed by atoms with Gasteiger partial charge in [0.2, 0.25) is 21.8 Å². The number of fused-ring (bicyclic) bond motifs is 1. The highest BCUT2D eigenvalue weighted by atomic mass is 32.2. The summed E-state index contributed by atoms with van der Waals surface area (Å²) in [4.78, 5) is 40.1. The van der Waals surface area contributed by atoms with Crippen molar-refractivity contribution in [2.75, 3.05) is 33.2 Å². The van der Waals surface area contributed by atoms with E-state index in [1.807, 2.05) is 24.3 Å². The Hall–Kier alpha value is -2.63. The number of amides is 2. The molecule has 2 fully saturated rings. The van der Waals surface area contributed by atoms with E-state index in [1.54, 1.807) is 23.1 Å². The Bertz CT molecular complexity index is 1240. The molecule has 11 heteroatoms. The van der Waals surface area contributed by atoms with Gasteiger partial charge in [0, 0.05) is 31.9 Å². The summed E-state index contributed by atoms with van der Waals surface area (Å²) in [7, 11) is -2.49. The van der Waals surface area contributed by atoms with E-state index in [2.05, 4.69) is 12.6 Å². The summed E-state index contributed by atoms with van der Waals surface area (Å²) in [5, 5.41) is 10.5. The van der Waals surface area contributed by atoms with Gasteiger partial charge in [-0.2, -0.15) is 16.9 Å². The van der Waals surface area contributed by atoms with Crippen LogP contribution in [-0.4, -0.2) is 89.9 Å². The smallest absolute Gasteiger partial charge is 0.306 e. The first-order chi connectivity index (χ1) is 16.6. The van der Waals surface area contributed by atoms with Crippen LogP contribution >= 0.6 is 12.6 Å². The van der Waals surface area contributed by atoms with E-state index in [9.17, 15) is 22.8 Å². The van der Waals surface area contributed by atoms with Crippen LogP contribution in [0.25, 0.3) is 10.8 Å². The minimum atomic E-state index is -3.97. The van der Waals surface area contributed by atoms with Crippen molar-refractivity contribution >= 4 is 51.2 Å². The Balaban J connectivity index is 1.47. The highest BCUT2D eigenvalue weighted by Crippen LogP contribution is 2.31. The highest BCUT2D eigenvalue weighted by Gasteiger charge is 2.44. The van der Waals surface area contributed by atoms with Crippen LogP contribution in [0.2, 0.25) is 0 Å². The fourth-order valence-corrected chi connectivity index (χ4v) is 6.91. The van der Waals surface area contributed by atoms with Crippen molar-refractivity contribution in [3.63, 3.8) is 0 Å². The minimum Gasteiger partial charge on any atom is -0.481 e. The molecule has 2 aromatic carbocycles. The molecular formula is C24H29N3O6S2. The van der Waals surface area contributed by atoms with Crippen LogP contribution in [0, 0.1) is 5.92 Å². The second kappa shape index (κ2) is 10.2. The number of sulfonamides is 1. The first-order valence-corrected chi connectivity index (χ1v) is 13.5. The molecule has 9 nitrogen and oxygen atoms in total. The fourth-order valence-electron chi connectivity index (χ4n) is 4.75. The summed E-state index contributed by atoms with van der Waals surface area (Å²) >= 11 is 4.46. The van der Waals surface area contributed by atoms with Gasteiger partial charge in [-0.05, 0) is 42.2 Å². The van der Waals surface area contributed by atoms with Gasteiger partial charge in [-0.25, -0.2) is 8.42 Å². The van der Waals surface area contributed by atoms with Gasteiger partial charge in [0.1, 0.15) is 6.04 Å². The fraction of sp³-hybridized carbons (Fsp3) is 0.458. The number of carboxylic acids is 1. The standard InChI is InChI=1S/C24H29N3O6S2/c1-25(15-22(28)26-10-8-17(9-11-26)24(30)31)23(29)21-13-19(34)14-27(21)35(32,33)20-7-6-16-4-2-3-5-18(16)12-20/h2-7,12,17,19,21,34H,8-11,13-15H2,1H3,(H,30,31). The quantitative estimate of drug-likeness (QED) is 0.562. The molecule has 0 bridgehead atoms. The zero-order valence-electron chi connectivity index (χ0n) is 19.4. The molecule has 2 saturated heterocycles. The van der Waals surface area contributed by atoms with Crippen molar-refractivity contribution in [1.29, 1.82) is 0 Å². The number of nitrogens with zero attached hydrogens (tertiary/aromatic N) is 3. The van der Waals surface area contributed by atoms with Gasteiger partial charge in [-0.3, -0.25) is 14.4 Å². The van der Waals surface area contributed by atoms with Gasteiger partial charge in [0.05, 0.1) is 17.4 Å². The molecule has 0 aromatic heterocycles. The van der Waals surface area contributed by atoms with Crippen molar-refractivity contribution < 1.29 is 27.9 Å². The van der Waals surface area contributed by atoms with E-state index in [-0.39, 0.29) is 35.6 Å². The number of carbonyl (C=O) groups is 3. The molecule has 0 radical (unpaired) electrons. The number of likely N-dealkylation sites (tertiary alicyclic amines) is 1. The molecule has 0 spiro atoms. The van der Waals surface area contributed by atoms with Crippen LogP contribution < -0.4 is 0 Å². The molecule has 2 unspecified atom stereocenters. The van der Waals surface area contributed by atoms with E-state index in [0.717, 1.165) is 10.8 Å². The third-order valence-electron chi connectivity index (χ3n) is 6.79. The van der Waals surface area contributed by atoms with Crippen molar-refractivity contribution in [2.24, 2.45) is 5.92 Å². The number of aliphatic carboxylic acids is 1. The zero-order valence-corrected chi connectivity index (χ0v) is 21.1. The van der Waals surface area contributed by atoms with Gasteiger partial charge in [-0.15, -0.1) is 0 Å². The molecule has 2 aromatic rings. The van der Waals surface area contributed by atoms with Crippen molar-refractivity contribution in [3.8, 4) is 0 Å². The predicted octanol–water partition coefficient (Wildman–Crippen LogP) is 1.68. The Morgan fingerprint density at radius 1 is 1.09 bits per heavy atom. The first-order valence-electron chi connectivity index (χ1n) is 11.5. The lowest BCUT2D eigenvalue weighted by molar-refractivity contribution is -0.146. The summed E-state index contributed by atoms with van der Waals surface area (Å²) in [6, 6.07) is 11.4. The van der Waals surface area contributed by atoms with Gasteiger partial charge in [0.15, 0.2) is 0 Å². The Labute approximate surface area is 210 Å². The van der Waals surface area contributed by atoms with Crippen LogP contribution in [-0.2, 0) is 24.4 Å². The average molecular weight is 520 g/mol. The van der Waals surface area contributed by atoms with Crippen LogP contribution in [0.4, 0.5) is 0 Å². The Morgan fingerprint density at radius 2 is 1.74 bits per heavy atom. The Kier molecular flexibility index (Phi) is 7.39. The molecule has 188 valence electrons. The van der Waals surface area contributed by atoms with Gasteiger partial charge in [-0.1, -0.05) is 30.3 Å². The van der Waals surface area contributed by atoms with Crippen molar-refractivity contribution in [2.45, 2.75) is 35.4 Å². The summed E-state index contributed by atoms with van der Waals surface area (Å²) in [6.45, 7) is 0.540. The van der Waals surface area contributed by atoms with Crippen LogP contribution in [0.15, 0.2) is 47.4 Å². The molecule has 2 amide bonds. The molecule has 4 rings (SSSR count). The largest absolute Gasteiger partial charge is 0.481 e. The summed E-state index contributed by atoms with van der Waals surface area (Å²) in [6.07, 6.45) is 0.998. The number of hydrogen-bond acceptors (Lipinski definition) is 6.